The van der Waals surface area contributed by atoms with Gasteiger partial charge in [-0.05, 0) is 23.8 Å². The van der Waals surface area contributed by atoms with Crippen molar-refractivity contribution in [3.05, 3.63) is 68.7 Å². The van der Waals surface area contributed by atoms with Crippen molar-refractivity contribution in [1.82, 2.24) is 0 Å². The third kappa shape index (κ3) is 4.21. The lowest BCUT2D eigenvalue weighted by molar-refractivity contribution is -0.384. The maximum Gasteiger partial charge on any atom is 0.270 e. The standard InChI is InChI=1S/C14H12ClN3O2S/c15-12-3-1-10(2-4-12)9-21-14-6-5-13(18(19)20)7-11(14)8-17-16/h1-8H,9,16H2. The zero-order valence-electron chi connectivity index (χ0n) is 10.9. The van der Waals surface area contributed by atoms with E-state index in [1.165, 1.54) is 18.3 Å². The molecule has 0 saturated carbocycles. The first kappa shape index (κ1) is 15.3. The smallest absolute Gasteiger partial charge is 0.270 e. The average Bonchev–Trinajstić information content (AvgIpc) is 2.47. The third-order valence-electron chi connectivity index (χ3n) is 2.73. The molecule has 0 unspecified atom stereocenters. The van der Waals surface area contributed by atoms with Gasteiger partial charge < -0.3 is 5.84 Å². The van der Waals surface area contributed by atoms with Crippen LogP contribution < -0.4 is 5.84 Å². The van der Waals surface area contributed by atoms with Crippen LogP contribution >= 0.6 is 23.4 Å². The largest absolute Gasteiger partial charge is 0.323 e. The van der Waals surface area contributed by atoms with Gasteiger partial charge in [0.25, 0.3) is 5.69 Å². The number of rotatable bonds is 5. The molecular weight excluding hydrogens is 310 g/mol. The number of hydrogen-bond donors (Lipinski definition) is 1. The van der Waals surface area contributed by atoms with E-state index < -0.39 is 4.92 Å². The number of halogens is 1. The van der Waals surface area contributed by atoms with Crippen molar-refractivity contribution < 1.29 is 4.92 Å². The number of hydrogen-bond acceptors (Lipinski definition) is 5. The van der Waals surface area contributed by atoms with E-state index >= 15 is 0 Å². The second-order valence-corrected chi connectivity index (χ2v) is 5.63. The summed E-state index contributed by atoms with van der Waals surface area (Å²) < 4.78 is 0. The quantitative estimate of drug-likeness (QED) is 0.298. The van der Waals surface area contributed by atoms with Crippen LogP contribution in [0.4, 0.5) is 5.69 Å². The lowest BCUT2D eigenvalue weighted by atomic mass is 10.2. The number of hydrazone groups is 1. The van der Waals surface area contributed by atoms with E-state index in [0.717, 1.165) is 16.2 Å². The van der Waals surface area contributed by atoms with Crippen LogP contribution in [0.25, 0.3) is 0 Å². The molecule has 7 heteroatoms. The summed E-state index contributed by atoms with van der Waals surface area (Å²) in [6.45, 7) is 0. The molecule has 0 amide bonds. The number of non-ortho nitro benzene ring substituents is 1. The minimum atomic E-state index is -0.443. The second kappa shape index (κ2) is 7.10. The molecule has 108 valence electrons. The molecule has 0 heterocycles. The van der Waals surface area contributed by atoms with Crippen LogP contribution in [0.15, 0.2) is 52.5 Å². The van der Waals surface area contributed by atoms with Crippen LogP contribution in [0.3, 0.4) is 0 Å². The summed E-state index contributed by atoms with van der Waals surface area (Å²) in [5, 5.41) is 14.9. The summed E-state index contributed by atoms with van der Waals surface area (Å²) in [6, 6.07) is 12.2. The summed E-state index contributed by atoms with van der Waals surface area (Å²) in [4.78, 5) is 11.2. The van der Waals surface area contributed by atoms with Gasteiger partial charge in [-0.3, -0.25) is 10.1 Å². The normalized spacial score (nSPS) is 10.9. The van der Waals surface area contributed by atoms with Gasteiger partial charge in [0.15, 0.2) is 0 Å². The van der Waals surface area contributed by atoms with E-state index in [0.29, 0.717) is 10.6 Å². The Bertz CT molecular complexity index is 674. The van der Waals surface area contributed by atoms with Crippen molar-refractivity contribution >= 4 is 35.3 Å². The summed E-state index contributed by atoms with van der Waals surface area (Å²) in [7, 11) is 0. The van der Waals surface area contributed by atoms with Crippen LogP contribution in [-0.4, -0.2) is 11.1 Å². The van der Waals surface area contributed by atoms with E-state index in [9.17, 15) is 10.1 Å². The topological polar surface area (TPSA) is 81.5 Å². The molecule has 0 fully saturated rings. The van der Waals surface area contributed by atoms with Crippen molar-refractivity contribution in [3.63, 3.8) is 0 Å². The summed E-state index contributed by atoms with van der Waals surface area (Å²) >= 11 is 7.39. The highest BCUT2D eigenvalue weighted by atomic mass is 35.5. The van der Waals surface area contributed by atoms with E-state index in [-0.39, 0.29) is 5.69 Å². The van der Waals surface area contributed by atoms with Crippen molar-refractivity contribution in [3.8, 4) is 0 Å². The first-order valence-corrected chi connectivity index (χ1v) is 7.35. The molecule has 0 aromatic heterocycles. The first-order chi connectivity index (χ1) is 10.1. The molecule has 0 saturated heterocycles. The molecule has 0 radical (unpaired) electrons. The Morgan fingerprint density at radius 2 is 2.00 bits per heavy atom. The van der Waals surface area contributed by atoms with Crippen LogP contribution in [0.1, 0.15) is 11.1 Å². The molecule has 0 aliphatic rings. The van der Waals surface area contributed by atoms with Gasteiger partial charge >= 0.3 is 0 Å². The molecule has 2 aromatic carbocycles. The highest BCUT2D eigenvalue weighted by Crippen LogP contribution is 2.28. The van der Waals surface area contributed by atoms with Gasteiger partial charge in [0.2, 0.25) is 0 Å². The van der Waals surface area contributed by atoms with E-state index in [1.54, 1.807) is 17.8 Å². The molecule has 2 aromatic rings. The van der Waals surface area contributed by atoms with Gasteiger partial charge in [0.05, 0.1) is 11.1 Å². The Morgan fingerprint density at radius 3 is 2.62 bits per heavy atom. The van der Waals surface area contributed by atoms with Crippen molar-refractivity contribution in [2.45, 2.75) is 10.6 Å². The molecule has 5 nitrogen and oxygen atoms in total. The molecular formula is C14H12ClN3O2S. The molecule has 0 bridgehead atoms. The molecule has 0 spiro atoms. The van der Waals surface area contributed by atoms with Crippen molar-refractivity contribution in [2.24, 2.45) is 10.9 Å². The second-order valence-electron chi connectivity index (χ2n) is 4.17. The summed E-state index contributed by atoms with van der Waals surface area (Å²) in [5.74, 6) is 5.88. The fourth-order valence-corrected chi connectivity index (χ4v) is 2.79. The minimum Gasteiger partial charge on any atom is -0.323 e. The Balaban J connectivity index is 2.18. The van der Waals surface area contributed by atoms with Gasteiger partial charge in [-0.2, -0.15) is 5.10 Å². The van der Waals surface area contributed by atoms with Gasteiger partial charge in [-0.25, -0.2) is 0 Å². The lowest BCUT2D eigenvalue weighted by Crippen LogP contribution is -1.94. The zero-order valence-corrected chi connectivity index (χ0v) is 12.5. The predicted octanol–water partition coefficient (Wildman–Crippen LogP) is 3.83. The zero-order chi connectivity index (χ0) is 15.2. The number of benzene rings is 2. The number of thioether (sulfide) groups is 1. The fraction of sp³-hybridized carbons (Fsp3) is 0.0714. The Morgan fingerprint density at radius 1 is 1.29 bits per heavy atom. The fourth-order valence-electron chi connectivity index (χ4n) is 1.70. The number of nitrogens with two attached hydrogens (primary N) is 1. The maximum absolute atomic E-state index is 10.8. The Kier molecular flexibility index (Phi) is 5.19. The summed E-state index contributed by atoms with van der Waals surface area (Å²) in [6.07, 6.45) is 1.41. The number of nitrogens with zero attached hydrogens (tertiary/aromatic N) is 2. The highest BCUT2D eigenvalue weighted by Gasteiger charge is 2.10. The molecule has 0 aliphatic carbocycles. The number of nitro groups is 1. The third-order valence-corrected chi connectivity index (χ3v) is 4.14. The van der Waals surface area contributed by atoms with Crippen LogP contribution in [0.5, 0.6) is 0 Å². The monoisotopic (exact) mass is 321 g/mol. The van der Waals surface area contributed by atoms with Crippen LogP contribution in [0.2, 0.25) is 5.02 Å². The SMILES string of the molecule is NN=Cc1cc([N+](=O)[O-])ccc1SCc1ccc(Cl)cc1. The van der Waals surface area contributed by atoms with Gasteiger partial charge in [0, 0.05) is 33.4 Å². The van der Waals surface area contributed by atoms with E-state index in [4.69, 9.17) is 17.4 Å². The van der Waals surface area contributed by atoms with Gasteiger partial charge in [0.1, 0.15) is 0 Å². The van der Waals surface area contributed by atoms with Crippen LogP contribution in [-0.2, 0) is 5.75 Å². The molecule has 0 atom stereocenters. The van der Waals surface area contributed by atoms with E-state index in [2.05, 4.69) is 5.10 Å². The molecule has 0 aliphatic heterocycles. The van der Waals surface area contributed by atoms with Crippen molar-refractivity contribution in [1.29, 1.82) is 0 Å². The van der Waals surface area contributed by atoms with Crippen molar-refractivity contribution in [2.75, 3.05) is 0 Å². The number of nitro benzene ring substituents is 1. The minimum absolute atomic E-state index is 0.0146. The molecule has 2 N–H and O–H groups in total. The van der Waals surface area contributed by atoms with Crippen LogP contribution in [0, 0.1) is 10.1 Å². The molecule has 21 heavy (non-hydrogen) atoms. The van der Waals surface area contributed by atoms with E-state index in [1.807, 2.05) is 24.3 Å². The Labute approximate surface area is 131 Å². The maximum atomic E-state index is 10.8. The highest BCUT2D eigenvalue weighted by molar-refractivity contribution is 7.98. The first-order valence-electron chi connectivity index (χ1n) is 5.99. The molecule has 2 rings (SSSR count). The average molecular weight is 322 g/mol. The summed E-state index contributed by atoms with van der Waals surface area (Å²) in [5.41, 5.74) is 1.75. The van der Waals surface area contributed by atoms with Gasteiger partial charge in [-0.15, -0.1) is 11.8 Å². The Hall–Kier alpha value is -2.05. The predicted molar refractivity (Wildman–Crippen MR) is 85.9 cm³/mol. The lowest BCUT2D eigenvalue weighted by Gasteiger charge is -2.06. The van der Waals surface area contributed by atoms with Gasteiger partial charge in [-0.1, -0.05) is 23.7 Å².